The Labute approximate surface area is 96.5 Å². The standard InChI is InChI=1S/C10H19NO4S/c1-7-5-4-6-11(8(7)2)16(14,15)9(3)10(12)13/h7-9H,4-6H2,1-3H3,(H,12,13). The van der Waals surface area contributed by atoms with Crippen molar-refractivity contribution in [1.29, 1.82) is 0 Å². The van der Waals surface area contributed by atoms with E-state index in [1.165, 1.54) is 11.2 Å². The number of nitrogens with zero attached hydrogens (tertiary/aromatic N) is 1. The molecule has 0 spiro atoms. The van der Waals surface area contributed by atoms with Gasteiger partial charge in [0.25, 0.3) is 0 Å². The van der Waals surface area contributed by atoms with Crippen molar-refractivity contribution in [3.05, 3.63) is 0 Å². The second-order valence-corrected chi connectivity index (χ2v) is 6.70. The van der Waals surface area contributed by atoms with Gasteiger partial charge >= 0.3 is 5.97 Å². The van der Waals surface area contributed by atoms with Gasteiger partial charge in [-0.15, -0.1) is 0 Å². The Balaban J connectivity index is 2.95. The minimum absolute atomic E-state index is 0.111. The molecule has 0 aromatic heterocycles. The molecule has 1 N–H and O–H groups in total. The van der Waals surface area contributed by atoms with Crippen molar-refractivity contribution in [3.63, 3.8) is 0 Å². The largest absolute Gasteiger partial charge is 0.480 e. The smallest absolute Gasteiger partial charge is 0.323 e. The van der Waals surface area contributed by atoms with Crippen molar-refractivity contribution < 1.29 is 18.3 Å². The van der Waals surface area contributed by atoms with Crippen LogP contribution in [0.15, 0.2) is 0 Å². The predicted octanol–water partition coefficient (Wildman–Crippen LogP) is 0.910. The number of rotatable bonds is 3. The molecular weight excluding hydrogens is 230 g/mol. The lowest BCUT2D eigenvalue weighted by Crippen LogP contribution is -2.50. The second kappa shape index (κ2) is 4.71. The van der Waals surface area contributed by atoms with Gasteiger partial charge in [0, 0.05) is 12.6 Å². The van der Waals surface area contributed by atoms with E-state index in [1.807, 2.05) is 13.8 Å². The molecule has 0 amide bonds. The summed E-state index contributed by atoms with van der Waals surface area (Å²) in [5.41, 5.74) is 0. The second-order valence-electron chi connectivity index (χ2n) is 4.50. The summed E-state index contributed by atoms with van der Waals surface area (Å²) in [4.78, 5) is 10.8. The predicted molar refractivity (Wildman–Crippen MR) is 60.6 cm³/mol. The maximum Gasteiger partial charge on any atom is 0.323 e. The number of hydrogen-bond acceptors (Lipinski definition) is 3. The van der Waals surface area contributed by atoms with Crippen LogP contribution in [-0.4, -0.2) is 41.6 Å². The Morgan fingerprint density at radius 1 is 1.44 bits per heavy atom. The third-order valence-corrected chi connectivity index (χ3v) is 5.70. The molecule has 16 heavy (non-hydrogen) atoms. The molecule has 1 rings (SSSR count). The van der Waals surface area contributed by atoms with E-state index < -0.39 is 21.2 Å². The summed E-state index contributed by atoms with van der Waals surface area (Å²) in [6.07, 6.45) is 1.80. The highest BCUT2D eigenvalue weighted by Crippen LogP contribution is 2.27. The van der Waals surface area contributed by atoms with Gasteiger partial charge in [-0.1, -0.05) is 6.92 Å². The summed E-state index contributed by atoms with van der Waals surface area (Å²) in [6, 6.07) is -0.111. The molecule has 0 radical (unpaired) electrons. The van der Waals surface area contributed by atoms with Gasteiger partial charge in [-0.25, -0.2) is 8.42 Å². The van der Waals surface area contributed by atoms with E-state index in [4.69, 9.17) is 5.11 Å². The van der Waals surface area contributed by atoms with Crippen molar-refractivity contribution in [2.24, 2.45) is 5.92 Å². The summed E-state index contributed by atoms with van der Waals surface area (Å²) >= 11 is 0. The van der Waals surface area contributed by atoms with E-state index in [2.05, 4.69) is 0 Å². The van der Waals surface area contributed by atoms with E-state index in [-0.39, 0.29) is 12.0 Å². The zero-order valence-electron chi connectivity index (χ0n) is 9.88. The molecule has 1 heterocycles. The van der Waals surface area contributed by atoms with Crippen molar-refractivity contribution >= 4 is 16.0 Å². The van der Waals surface area contributed by atoms with Crippen molar-refractivity contribution in [2.45, 2.75) is 44.9 Å². The Morgan fingerprint density at radius 2 is 2.00 bits per heavy atom. The van der Waals surface area contributed by atoms with E-state index >= 15 is 0 Å². The fourth-order valence-corrected chi connectivity index (χ4v) is 3.70. The summed E-state index contributed by atoms with van der Waals surface area (Å²) < 4.78 is 25.4. The number of hydrogen-bond donors (Lipinski definition) is 1. The minimum Gasteiger partial charge on any atom is -0.480 e. The highest BCUT2D eigenvalue weighted by Gasteiger charge is 2.39. The fraction of sp³-hybridized carbons (Fsp3) is 0.900. The molecule has 0 aliphatic carbocycles. The minimum atomic E-state index is -3.71. The quantitative estimate of drug-likeness (QED) is 0.806. The molecular formula is C10H19NO4S. The average molecular weight is 249 g/mol. The lowest BCUT2D eigenvalue weighted by atomic mass is 9.94. The Bertz CT molecular complexity index is 365. The molecule has 3 atom stereocenters. The number of carboxylic acid groups (broad SMARTS) is 1. The van der Waals surface area contributed by atoms with Gasteiger partial charge in [0.15, 0.2) is 5.25 Å². The van der Waals surface area contributed by atoms with E-state index in [0.29, 0.717) is 6.54 Å². The van der Waals surface area contributed by atoms with Crippen LogP contribution in [0.3, 0.4) is 0 Å². The first-order chi connectivity index (χ1) is 7.28. The first-order valence-corrected chi connectivity index (χ1v) is 7.02. The Hall–Kier alpha value is -0.620. The van der Waals surface area contributed by atoms with Crippen LogP contribution in [0.25, 0.3) is 0 Å². The van der Waals surface area contributed by atoms with E-state index in [9.17, 15) is 13.2 Å². The van der Waals surface area contributed by atoms with E-state index in [0.717, 1.165) is 12.8 Å². The normalized spacial score (nSPS) is 29.9. The Morgan fingerprint density at radius 3 is 2.50 bits per heavy atom. The molecule has 0 aromatic rings. The lowest BCUT2D eigenvalue weighted by Gasteiger charge is -2.37. The molecule has 1 saturated heterocycles. The number of sulfonamides is 1. The molecule has 0 aromatic carbocycles. The number of aliphatic carboxylic acids is 1. The molecule has 5 nitrogen and oxygen atoms in total. The topological polar surface area (TPSA) is 74.7 Å². The molecule has 94 valence electrons. The maximum atomic E-state index is 12.0. The van der Waals surface area contributed by atoms with Crippen molar-refractivity contribution in [1.82, 2.24) is 4.31 Å². The zero-order chi connectivity index (χ0) is 12.5. The number of carboxylic acids is 1. The van der Waals surface area contributed by atoms with Gasteiger partial charge in [0.2, 0.25) is 10.0 Å². The van der Waals surface area contributed by atoms with Crippen LogP contribution < -0.4 is 0 Å². The SMILES string of the molecule is CC1CCCN(S(=O)(=O)C(C)C(=O)O)C1C. The van der Waals surface area contributed by atoms with Crippen LogP contribution in [0, 0.1) is 5.92 Å². The third-order valence-electron chi connectivity index (χ3n) is 3.44. The Kier molecular flexibility index (Phi) is 3.96. The van der Waals surface area contributed by atoms with Gasteiger partial charge in [0.1, 0.15) is 0 Å². The summed E-state index contributed by atoms with van der Waals surface area (Å²) in [7, 11) is -3.71. The summed E-state index contributed by atoms with van der Waals surface area (Å²) in [6.45, 7) is 5.50. The molecule has 0 saturated carbocycles. The number of carbonyl (C=O) groups is 1. The number of piperidine rings is 1. The highest BCUT2D eigenvalue weighted by atomic mass is 32.2. The van der Waals surface area contributed by atoms with Crippen LogP contribution in [0.4, 0.5) is 0 Å². The van der Waals surface area contributed by atoms with Gasteiger partial charge in [-0.2, -0.15) is 4.31 Å². The lowest BCUT2D eigenvalue weighted by molar-refractivity contribution is -0.136. The van der Waals surface area contributed by atoms with Gasteiger partial charge in [0.05, 0.1) is 0 Å². The van der Waals surface area contributed by atoms with Crippen LogP contribution in [0.1, 0.15) is 33.6 Å². The molecule has 3 unspecified atom stereocenters. The van der Waals surface area contributed by atoms with Crippen LogP contribution in [-0.2, 0) is 14.8 Å². The third kappa shape index (κ3) is 2.38. The molecule has 1 fully saturated rings. The monoisotopic (exact) mass is 249 g/mol. The van der Waals surface area contributed by atoms with Crippen molar-refractivity contribution in [2.75, 3.05) is 6.54 Å². The first-order valence-electron chi connectivity index (χ1n) is 5.52. The highest BCUT2D eigenvalue weighted by molar-refractivity contribution is 7.90. The van der Waals surface area contributed by atoms with E-state index in [1.54, 1.807) is 0 Å². The summed E-state index contributed by atoms with van der Waals surface area (Å²) in [5, 5.41) is 7.43. The van der Waals surface area contributed by atoms with Crippen LogP contribution in [0.5, 0.6) is 0 Å². The molecule has 1 aliphatic rings. The first kappa shape index (κ1) is 13.4. The average Bonchev–Trinajstić information content (AvgIpc) is 2.20. The molecule has 6 heteroatoms. The zero-order valence-corrected chi connectivity index (χ0v) is 10.7. The van der Waals surface area contributed by atoms with Gasteiger partial charge < -0.3 is 5.11 Å². The van der Waals surface area contributed by atoms with Crippen LogP contribution in [0.2, 0.25) is 0 Å². The molecule has 0 bridgehead atoms. The van der Waals surface area contributed by atoms with Crippen LogP contribution >= 0.6 is 0 Å². The molecule has 1 aliphatic heterocycles. The van der Waals surface area contributed by atoms with Gasteiger partial charge in [-0.05, 0) is 32.6 Å². The van der Waals surface area contributed by atoms with Crippen molar-refractivity contribution in [3.8, 4) is 0 Å². The summed E-state index contributed by atoms with van der Waals surface area (Å²) in [5.74, 6) is -1.00. The maximum absolute atomic E-state index is 12.0. The fourth-order valence-electron chi connectivity index (χ4n) is 1.99. The van der Waals surface area contributed by atoms with Gasteiger partial charge in [-0.3, -0.25) is 4.79 Å².